The third-order valence-corrected chi connectivity index (χ3v) is 4.54. The van der Waals surface area contributed by atoms with Crippen LogP contribution >= 0.6 is 11.3 Å². The van der Waals surface area contributed by atoms with E-state index in [2.05, 4.69) is 5.32 Å². The number of para-hydroxylation sites is 2. The van der Waals surface area contributed by atoms with Crippen LogP contribution in [0.1, 0.15) is 11.3 Å². The highest BCUT2D eigenvalue weighted by Gasteiger charge is 2.11. The van der Waals surface area contributed by atoms with Crippen LogP contribution in [0.15, 0.2) is 58.7 Å². The van der Waals surface area contributed by atoms with Gasteiger partial charge in [-0.1, -0.05) is 35.6 Å². The predicted octanol–water partition coefficient (Wildman–Crippen LogP) is 3.96. The van der Waals surface area contributed by atoms with Gasteiger partial charge in [-0.15, -0.1) is 0 Å². The van der Waals surface area contributed by atoms with Crippen molar-refractivity contribution >= 4 is 22.9 Å². The van der Waals surface area contributed by atoms with Gasteiger partial charge in [0.1, 0.15) is 12.3 Å². The molecule has 1 amide bonds. The van der Waals surface area contributed by atoms with E-state index in [1.54, 1.807) is 24.4 Å². The molecular formula is C19H18N2O3S. The normalized spacial score (nSPS) is 10.5. The molecule has 0 radical (unpaired) electrons. The zero-order chi connectivity index (χ0) is 17.8. The highest BCUT2D eigenvalue weighted by atomic mass is 32.1. The Balaban J connectivity index is 1.77. The Morgan fingerprint density at radius 2 is 1.96 bits per heavy atom. The topological polar surface area (TPSA) is 60.3 Å². The molecule has 0 fully saturated rings. The molecule has 0 aliphatic heterocycles. The van der Waals surface area contributed by atoms with Crippen molar-refractivity contribution in [1.29, 1.82) is 0 Å². The maximum absolute atomic E-state index is 12.3. The second kappa shape index (κ2) is 7.36. The van der Waals surface area contributed by atoms with Gasteiger partial charge in [0.2, 0.25) is 5.91 Å². The number of rotatable bonds is 5. The lowest BCUT2D eigenvalue weighted by Gasteiger charge is -2.13. The fourth-order valence-electron chi connectivity index (χ4n) is 2.39. The summed E-state index contributed by atoms with van der Waals surface area (Å²) in [6, 6.07) is 14.9. The average Bonchev–Trinajstić information content (AvgIpc) is 2.89. The van der Waals surface area contributed by atoms with Crippen molar-refractivity contribution in [1.82, 2.24) is 4.57 Å². The monoisotopic (exact) mass is 354 g/mol. The van der Waals surface area contributed by atoms with Crippen LogP contribution < -0.4 is 14.9 Å². The lowest BCUT2D eigenvalue weighted by atomic mass is 10.2. The number of anilines is 1. The first-order valence-electron chi connectivity index (χ1n) is 7.81. The highest BCUT2D eigenvalue weighted by molar-refractivity contribution is 7.07. The van der Waals surface area contributed by atoms with E-state index in [4.69, 9.17) is 4.74 Å². The summed E-state index contributed by atoms with van der Waals surface area (Å²) in [7, 11) is 0. The van der Waals surface area contributed by atoms with Crippen LogP contribution in [-0.4, -0.2) is 10.5 Å². The summed E-state index contributed by atoms with van der Waals surface area (Å²) in [5.41, 5.74) is 2.43. The molecule has 1 heterocycles. The SMILES string of the molecule is Cc1cccc(Oc2ccccc2NC(=O)Cn2c(C)csc2=O)c1. The zero-order valence-electron chi connectivity index (χ0n) is 14.0. The van der Waals surface area contributed by atoms with Gasteiger partial charge in [-0.25, -0.2) is 0 Å². The number of benzene rings is 2. The van der Waals surface area contributed by atoms with Crippen molar-refractivity contribution < 1.29 is 9.53 Å². The average molecular weight is 354 g/mol. The van der Waals surface area contributed by atoms with Gasteiger partial charge in [0.25, 0.3) is 0 Å². The van der Waals surface area contributed by atoms with Gasteiger partial charge in [-0.2, -0.15) is 0 Å². The third kappa shape index (κ3) is 4.16. The van der Waals surface area contributed by atoms with E-state index in [1.807, 2.05) is 43.3 Å². The number of nitrogens with zero attached hydrogens (tertiary/aromatic N) is 1. The standard InChI is InChI=1S/C19H18N2O3S/c1-13-6-5-7-15(10-13)24-17-9-4-3-8-16(17)20-18(22)11-21-14(2)12-25-19(21)23/h3-10,12H,11H2,1-2H3,(H,20,22). The Hall–Kier alpha value is -2.86. The predicted molar refractivity (Wildman–Crippen MR) is 99.6 cm³/mol. The number of thiazole rings is 1. The van der Waals surface area contributed by atoms with Crippen molar-refractivity contribution in [3.05, 3.63) is 74.8 Å². The molecule has 0 bridgehead atoms. The summed E-state index contributed by atoms with van der Waals surface area (Å²) in [5, 5.41) is 4.56. The van der Waals surface area contributed by atoms with Crippen molar-refractivity contribution in [3.8, 4) is 11.5 Å². The summed E-state index contributed by atoms with van der Waals surface area (Å²) in [6.45, 7) is 3.77. The molecular weight excluding hydrogens is 336 g/mol. The van der Waals surface area contributed by atoms with Gasteiger partial charge in [-0.05, 0) is 43.7 Å². The second-order valence-electron chi connectivity index (χ2n) is 5.69. The number of aromatic nitrogens is 1. The largest absolute Gasteiger partial charge is 0.455 e. The molecule has 1 N–H and O–H groups in total. The maximum atomic E-state index is 12.3. The zero-order valence-corrected chi connectivity index (χ0v) is 14.8. The lowest BCUT2D eigenvalue weighted by Crippen LogP contribution is -2.25. The third-order valence-electron chi connectivity index (χ3n) is 3.66. The van der Waals surface area contributed by atoms with Crippen molar-refractivity contribution in [2.45, 2.75) is 20.4 Å². The lowest BCUT2D eigenvalue weighted by molar-refractivity contribution is -0.116. The molecule has 0 aliphatic carbocycles. The van der Waals surface area contributed by atoms with E-state index >= 15 is 0 Å². The minimum atomic E-state index is -0.274. The molecule has 5 nitrogen and oxygen atoms in total. The van der Waals surface area contributed by atoms with Gasteiger partial charge < -0.3 is 10.1 Å². The first-order chi connectivity index (χ1) is 12.0. The van der Waals surface area contributed by atoms with Crippen LogP contribution in [0, 0.1) is 13.8 Å². The molecule has 25 heavy (non-hydrogen) atoms. The number of nitrogens with one attached hydrogen (secondary N) is 1. The Bertz CT molecular complexity index is 959. The van der Waals surface area contributed by atoms with Gasteiger partial charge in [0.15, 0.2) is 5.75 Å². The number of carbonyl (C=O) groups excluding carboxylic acids is 1. The minimum absolute atomic E-state index is 0.0209. The molecule has 0 atom stereocenters. The van der Waals surface area contributed by atoms with Gasteiger partial charge in [0.05, 0.1) is 5.69 Å². The summed E-state index contributed by atoms with van der Waals surface area (Å²) in [5.74, 6) is 0.978. The summed E-state index contributed by atoms with van der Waals surface area (Å²) in [4.78, 5) is 23.9. The molecule has 3 rings (SSSR count). The fraction of sp³-hybridized carbons (Fsp3) is 0.158. The molecule has 0 spiro atoms. The number of hydrogen-bond acceptors (Lipinski definition) is 4. The van der Waals surface area contributed by atoms with Crippen LogP contribution in [-0.2, 0) is 11.3 Å². The Kier molecular flexibility index (Phi) is 5.00. The number of hydrogen-bond donors (Lipinski definition) is 1. The molecule has 128 valence electrons. The minimum Gasteiger partial charge on any atom is -0.455 e. The number of amides is 1. The fourth-order valence-corrected chi connectivity index (χ4v) is 3.13. The number of aryl methyl sites for hydroxylation is 2. The Morgan fingerprint density at radius 3 is 2.68 bits per heavy atom. The Labute approximate surface area is 149 Å². The van der Waals surface area contributed by atoms with Crippen LogP contribution in [0.5, 0.6) is 11.5 Å². The molecule has 1 aromatic heterocycles. The van der Waals surface area contributed by atoms with Gasteiger partial charge in [0, 0.05) is 11.1 Å². The van der Waals surface area contributed by atoms with Crippen LogP contribution in [0.25, 0.3) is 0 Å². The summed E-state index contributed by atoms with van der Waals surface area (Å²) < 4.78 is 7.34. The first kappa shape index (κ1) is 17.0. The van der Waals surface area contributed by atoms with Crippen LogP contribution in [0.2, 0.25) is 0 Å². The van der Waals surface area contributed by atoms with E-state index in [1.165, 1.54) is 4.57 Å². The number of carbonyl (C=O) groups is 1. The van der Waals surface area contributed by atoms with E-state index in [9.17, 15) is 9.59 Å². The van der Waals surface area contributed by atoms with E-state index in [-0.39, 0.29) is 17.3 Å². The van der Waals surface area contributed by atoms with Crippen molar-refractivity contribution in [3.63, 3.8) is 0 Å². The summed E-state index contributed by atoms with van der Waals surface area (Å²) in [6.07, 6.45) is 0. The Morgan fingerprint density at radius 1 is 1.16 bits per heavy atom. The molecule has 0 aliphatic rings. The maximum Gasteiger partial charge on any atom is 0.307 e. The molecule has 2 aromatic carbocycles. The van der Waals surface area contributed by atoms with E-state index in [0.29, 0.717) is 17.2 Å². The van der Waals surface area contributed by atoms with Crippen LogP contribution in [0.3, 0.4) is 0 Å². The highest BCUT2D eigenvalue weighted by Crippen LogP contribution is 2.29. The van der Waals surface area contributed by atoms with Crippen molar-refractivity contribution in [2.24, 2.45) is 0 Å². The molecule has 0 saturated heterocycles. The molecule has 0 saturated carbocycles. The number of ether oxygens (including phenoxy) is 1. The van der Waals surface area contributed by atoms with Gasteiger partial charge >= 0.3 is 4.87 Å². The smallest absolute Gasteiger partial charge is 0.307 e. The van der Waals surface area contributed by atoms with Crippen LogP contribution in [0.4, 0.5) is 5.69 Å². The second-order valence-corrected chi connectivity index (χ2v) is 6.51. The molecule has 3 aromatic rings. The quantitative estimate of drug-likeness (QED) is 0.754. The van der Waals surface area contributed by atoms with E-state index in [0.717, 1.165) is 22.6 Å². The van der Waals surface area contributed by atoms with Gasteiger partial charge in [-0.3, -0.25) is 14.2 Å². The molecule has 0 unspecified atom stereocenters. The summed E-state index contributed by atoms with van der Waals surface area (Å²) >= 11 is 1.09. The first-order valence-corrected chi connectivity index (χ1v) is 8.69. The van der Waals surface area contributed by atoms with E-state index < -0.39 is 0 Å². The van der Waals surface area contributed by atoms with Crippen molar-refractivity contribution in [2.75, 3.05) is 5.32 Å². The molecule has 6 heteroatoms.